The van der Waals surface area contributed by atoms with E-state index in [1.54, 1.807) is 7.11 Å². The molecule has 0 bridgehead atoms. The quantitative estimate of drug-likeness (QED) is 0.876. The highest BCUT2D eigenvalue weighted by Gasteiger charge is 2.12. The van der Waals surface area contributed by atoms with E-state index in [-0.39, 0.29) is 6.04 Å². The Hall–Kier alpha value is -2.00. The van der Waals surface area contributed by atoms with Gasteiger partial charge >= 0.3 is 0 Å². The Morgan fingerprint density at radius 3 is 2.65 bits per heavy atom. The van der Waals surface area contributed by atoms with Gasteiger partial charge in [0, 0.05) is 11.6 Å². The predicted octanol–water partition coefficient (Wildman–Crippen LogP) is 3.34. The number of rotatable bonds is 6. The minimum Gasteiger partial charge on any atom is -0.497 e. The van der Waals surface area contributed by atoms with Crippen LogP contribution in [-0.2, 0) is 6.42 Å². The van der Waals surface area contributed by atoms with Gasteiger partial charge in [-0.05, 0) is 37.1 Å². The molecular weight excluding hydrogens is 250 g/mol. The summed E-state index contributed by atoms with van der Waals surface area (Å²) in [5, 5.41) is 0. The van der Waals surface area contributed by atoms with Crippen LogP contribution in [0, 0.1) is 0 Å². The first kappa shape index (κ1) is 14.4. The second-order valence-corrected chi connectivity index (χ2v) is 4.63. The largest absolute Gasteiger partial charge is 0.497 e. The van der Waals surface area contributed by atoms with Crippen molar-refractivity contribution in [3.8, 4) is 11.5 Å². The molecule has 2 N–H and O–H groups in total. The van der Waals surface area contributed by atoms with Crippen LogP contribution in [0.3, 0.4) is 0 Å². The van der Waals surface area contributed by atoms with Gasteiger partial charge in [0.25, 0.3) is 0 Å². The molecule has 2 rings (SSSR count). The van der Waals surface area contributed by atoms with E-state index in [9.17, 15) is 0 Å². The van der Waals surface area contributed by atoms with E-state index in [1.165, 1.54) is 0 Å². The lowest BCUT2D eigenvalue weighted by molar-refractivity contribution is 0.334. The summed E-state index contributed by atoms with van der Waals surface area (Å²) in [6.45, 7) is 2.62. The average Bonchev–Trinajstić information content (AvgIpc) is 2.48. The van der Waals surface area contributed by atoms with Crippen LogP contribution in [0.1, 0.15) is 24.1 Å². The second kappa shape index (κ2) is 6.96. The molecule has 1 unspecified atom stereocenters. The molecule has 0 aliphatic carbocycles. The summed E-state index contributed by atoms with van der Waals surface area (Å²) >= 11 is 0. The van der Waals surface area contributed by atoms with Crippen LogP contribution in [0.2, 0.25) is 0 Å². The van der Waals surface area contributed by atoms with Crippen LogP contribution in [0.25, 0.3) is 0 Å². The maximum Gasteiger partial charge on any atom is 0.124 e. The molecule has 20 heavy (non-hydrogen) atoms. The Kier molecular flexibility index (Phi) is 5.02. The molecule has 0 aromatic heterocycles. The Morgan fingerprint density at radius 2 is 1.90 bits per heavy atom. The molecule has 2 aromatic carbocycles. The summed E-state index contributed by atoms with van der Waals surface area (Å²) in [6, 6.07) is 15.8. The van der Waals surface area contributed by atoms with Gasteiger partial charge in [0.15, 0.2) is 0 Å². The third-order valence-electron chi connectivity index (χ3n) is 3.21. The molecule has 0 spiro atoms. The van der Waals surface area contributed by atoms with Crippen LogP contribution in [0.15, 0.2) is 48.5 Å². The van der Waals surface area contributed by atoms with E-state index < -0.39 is 0 Å². The summed E-state index contributed by atoms with van der Waals surface area (Å²) in [5.41, 5.74) is 8.52. The van der Waals surface area contributed by atoms with Gasteiger partial charge in [-0.25, -0.2) is 0 Å². The molecule has 0 heterocycles. The number of hydrogen-bond acceptors (Lipinski definition) is 3. The maximum absolute atomic E-state index is 6.33. The van der Waals surface area contributed by atoms with Crippen LogP contribution >= 0.6 is 0 Å². The molecule has 106 valence electrons. The normalized spacial score (nSPS) is 11.9. The molecule has 0 aliphatic heterocycles. The fourth-order valence-electron chi connectivity index (χ4n) is 2.24. The van der Waals surface area contributed by atoms with Crippen molar-refractivity contribution in [1.29, 1.82) is 0 Å². The molecule has 3 nitrogen and oxygen atoms in total. The van der Waals surface area contributed by atoms with E-state index in [0.29, 0.717) is 6.61 Å². The van der Waals surface area contributed by atoms with E-state index in [4.69, 9.17) is 15.2 Å². The lowest BCUT2D eigenvalue weighted by Crippen LogP contribution is -2.14. The van der Waals surface area contributed by atoms with Crippen molar-refractivity contribution in [1.82, 2.24) is 0 Å². The molecule has 0 amide bonds. The van der Waals surface area contributed by atoms with Gasteiger partial charge in [-0.15, -0.1) is 0 Å². The van der Waals surface area contributed by atoms with Crippen molar-refractivity contribution in [2.24, 2.45) is 5.73 Å². The van der Waals surface area contributed by atoms with Crippen molar-refractivity contribution < 1.29 is 9.47 Å². The highest BCUT2D eigenvalue weighted by molar-refractivity contribution is 5.37. The van der Waals surface area contributed by atoms with Crippen molar-refractivity contribution >= 4 is 0 Å². The Balaban J connectivity index is 2.17. The molecule has 0 fully saturated rings. The fourth-order valence-corrected chi connectivity index (χ4v) is 2.24. The van der Waals surface area contributed by atoms with E-state index >= 15 is 0 Å². The van der Waals surface area contributed by atoms with Gasteiger partial charge < -0.3 is 15.2 Å². The van der Waals surface area contributed by atoms with Gasteiger partial charge in [-0.2, -0.15) is 0 Å². The second-order valence-electron chi connectivity index (χ2n) is 4.63. The molecule has 3 heteroatoms. The highest BCUT2D eigenvalue weighted by Crippen LogP contribution is 2.26. The van der Waals surface area contributed by atoms with Gasteiger partial charge in [-0.3, -0.25) is 0 Å². The first-order chi connectivity index (χ1) is 9.74. The minimum absolute atomic E-state index is 0.0927. The van der Waals surface area contributed by atoms with Gasteiger partial charge in [0.2, 0.25) is 0 Å². The lowest BCUT2D eigenvalue weighted by Gasteiger charge is -2.17. The van der Waals surface area contributed by atoms with Crippen molar-refractivity contribution in [2.45, 2.75) is 19.4 Å². The zero-order valence-corrected chi connectivity index (χ0v) is 12.0. The van der Waals surface area contributed by atoms with E-state index in [2.05, 4.69) is 6.07 Å². The van der Waals surface area contributed by atoms with E-state index in [1.807, 2.05) is 49.4 Å². The summed E-state index contributed by atoms with van der Waals surface area (Å²) in [4.78, 5) is 0. The number of hydrogen-bond donors (Lipinski definition) is 1. The Morgan fingerprint density at radius 1 is 1.10 bits per heavy atom. The van der Waals surface area contributed by atoms with Crippen molar-refractivity contribution in [3.63, 3.8) is 0 Å². The zero-order chi connectivity index (χ0) is 14.4. The Bertz CT molecular complexity index is 554. The molecular formula is C17H21NO2. The third-order valence-corrected chi connectivity index (χ3v) is 3.21. The van der Waals surface area contributed by atoms with Crippen LogP contribution in [-0.4, -0.2) is 13.7 Å². The van der Waals surface area contributed by atoms with Crippen molar-refractivity contribution in [2.75, 3.05) is 13.7 Å². The Labute approximate surface area is 120 Å². The summed E-state index contributed by atoms with van der Waals surface area (Å²) in [6.07, 6.45) is 0.751. The van der Waals surface area contributed by atoms with Crippen LogP contribution in [0.5, 0.6) is 11.5 Å². The van der Waals surface area contributed by atoms with Gasteiger partial charge in [0.1, 0.15) is 11.5 Å². The van der Waals surface area contributed by atoms with Gasteiger partial charge in [0.05, 0.1) is 13.7 Å². The number of methoxy groups -OCH3 is 1. The predicted molar refractivity (Wildman–Crippen MR) is 81.2 cm³/mol. The van der Waals surface area contributed by atoms with Crippen molar-refractivity contribution in [3.05, 3.63) is 59.7 Å². The van der Waals surface area contributed by atoms with Crippen LogP contribution in [0.4, 0.5) is 0 Å². The van der Waals surface area contributed by atoms with Gasteiger partial charge in [-0.1, -0.05) is 30.3 Å². The first-order valence-electron chi connectivity index (χ1n) is 6.84. The molecule has 0 aliphatic rings. The number of para-hydroxylation sites is 1. The lowest BCUT2D eigenvalue weighted by atomic mass is 9.99. The smallest absolute Gasteiger partial charge is 0.124 e. The molecule has 0 saturated carbocycles. The molecule has 2 aromatic rings. The summed E-state index contributed by atoms with van der Waals surface area (Å²) < 4.78 is 10.9. The monoisotopic (exact) mass is 271 g/mol. The number of ether oxygens (including phenoxy) is 2. The molecule has 0 radical (unpaired) electrons. The SMILES string of the molecule is CCOc1ccccc1C(N)Cc1cccc(OC)c1. The number of nitrogens with two attached hydrogens (primary N) is 1. The minimum atomic E-state index is -0.0927. The zero-order valence-electron chi connectivity index (χ0n) is 12.0. The summed E-state index contributed by atoms with van der Waals surface area (Å²) in [5.74, 6) is 1.72. The molecule has 1 atom stereocenters. The maximum atomic E-state index is 6.33. The fraction of sp³-hybridized carbons (Fsp3) is 0.294. The average molecular weight is 271 g/mol. The first-order valence-corrected chi connectivity index (χ1v) is 6.84. The van der Waals surface area contributed by atoms with Crippen LogP contribution < -0.4 is 15.2 Å². The third kappa shape index (κ3) is 3.52. The van der Waals surface area contributed by atoms with E-state index in [0.717, 1.165) is 29.0 Å². The topological polar surface area (TPSA) is 44.5 Å². The number of benzene rings is 2. The summed E-state index contributed by atoms with van der Waals surface area (Å²) in [7, 11) is 1.67. The molecule has 0 saturated heterocycles. The standard InChI is InChI=1S/C17H21NO2/c1-3-20-17-10-5-4-9-15(17)16(18)12-13-7-6-8-14(11-13)19-2/h4-11,16H,3,12,18H2,1-2H3. The highest BCUT2D eigenvalue weighted by atomic mass is 16.5.